The fourth-order valence-corrected chi connectivity index (χ4v) is 1.12. The van der Waals surface area contributed by atoms with E-state index in [0.717, 1.165) is 12.1 Å². The van der Waals surface area contributed by atoms with Crippen LogP contribution in [0, 0.1) is 6.92 Å². The van der Waals surface area contributed by atoms with E-state index in [4.69, 9.17) is 5.11 Å². The van der Waals surface area contributed by atoms with Gasteiger partial charge in [0.05, 0.1) is 12.2 Å². The second-order valence-corrected chi connectivity index (χ2v) is 2.86. The molecule has 0 aliphatic carbocycles. The van der Waals surface area contributed by atoms with Gasteiger partial charge in [-0.1, -0.05) is 25.5 Å². The summed E-state index contributed by atoms with van der Waals surface area (Å²) in [4.78, 5) is 0. The fraction of sp³-hybridized carbons (Fsp3) is 0.455. The van der Waals surface area contributed by atoms with Crippen molar-refractivity contribution >= 4 is 0 Å². The van der Waals surface area contributed by atoms with E-state index in [2.05, 4.69) is 0 Å². The molecule has 0 bridgehead atoms. The van der Waals surface area contributed by atoms with Crippen LogP contribution >= 0.6 is 0 Å². The summed E-state index contributed by atoms with van der Waals surface area (Å²) in [6.07, 6.45) is -4.34. The molecule has 1 rings (SSSR count). The molecule has 0 saturated heterocycles. The first kappa shape index (κ1) is 14.0. The average Bonchev–Trinajstić information content (AvgIpc) is 2.18. The molecule has 15 heavy (non-hydrogen) atoms. The molecule has 0 amide bonds. The highest BCUT2D eigenvalue weighted by Gasteiger charge is 2.30. The third-order valence-electron chi connectivity index (χ3n) is 1.65. The van der Waals surface area contributed by atoms with E-state index in [1.165, 1.54) is 6.07 Å². The van der Waals surface area contributed by atoms with Gasteiger partial charge in [0.1, 0.15) is 0 Å². The van der Waals surface area contributed by atoms with Gasteiger partial charge in [0.15, 0.2) is 0 Å². The number of benzene rings is 1. The fourth-order valence-electron chi connectivity index (χ4n) is 1.12. The average molecular weight is 220 g/mol. The Bertz CT molecular complexity index is 305. The first-order valence-electron chi connectivity index (χ1n) is 4.72. The lowest BCUT2D eigenvalue weighted by Crippen LogP contribution is -2.06. The number of alkyl halides is 3. The molecule has 0 heterocycles. The molecule has 1 aromatic rings. The summed E-state index contributed by atoms with van der Waals surface area (Å²) in [6.45, 7) is 5.19. The second kappa shape index (κ2) is 5.75. The Morgan fingerprint density at radius 3 is 2.07 bits per heavy atom. The summed E-state index contributed by atoms with van der Waals surface area (Å²) >= 11 is 0. The molecule has 4 heteroatoms. The Morgan fingerprint density at radius 2 is 1.67 bits per heavy atom. The minimum atomic E-state index is -4.34. The van der Waals surface area contributed by atoms with Gasteiger partial charge in [0, 0.05) is 0 Å². The number of aliphatic hydroxyl groups is 1. The summed E-state index contributed by atoms with van der Waals surface area (Å²) in [5.41, 5.74) is 0.0720. The molecule has 0 spiro atoms. The van der Waals surface area contributed by atoms with Gasteiger partial charge in [-0.25, -0.2) is 0 Å². The standard InChI is InChI=1S/C9H9F3O.C2H6/c1-6-2-7(5-13)4-8(3-6)9(10,11)12;1-2/h2-4,13H,5H2,1H3;1-2H3. The van der Waals surface area contributed by atoms with Gasteiger partial charge in [-0.15, -0.1) is 0 Å². The minimum Gasteiger partial charge on any atom is -0.392 e. The van der Waals surface area contributed by atoms with Gasteiger partial charge in [-0.3, -0.25) is 0 Å². The normalized spacial score (nSPS) is 10.6. The third kappa shape index (κ3) is 4.34. The number of rotatable bonds is 1. The van der Waals surface area contributed by atoms with Gasteiger partial charge in [0.2, 0.25) is 0 Å². The van der Waals surface area contributed by atoms with Crippen LogP contribution in [0.4, 0.5) is 13.2 Å². The summed E-state index contributed by atoms with van der Waals surface area (Å²) in [7, 11) is 0. The van der Waals surface area contributed by atoms with Crippen molar-refractivity contribution in [2.24, 2.45) is 0 Å². The molecule has 0 radical (unpaired) electrons. The molecule has 1 N–H and O–H groups in total. The Kier molecular flexibility index (Phi) is 5.36. The zero-order valence-corrected chi connectivity index (χ0v) is 9.02. The molecule has 86 valence electrons. The lowest BCUT2D eigenvalue weighted by molar-refractivity contribution is -0.137. The lowest BCUT2D eigenvalue weighted by atomic mass is 10.1. The van der Waals surface area contributed by atoms with Crippen molar-refractivity contribution in [2.45, 2.75) is 33.6 Å². The number of hydrogen-bond donors (Lipinski definition) is 1. The van der Waals surface area contributed by atoms with Crippen molar-refractivity contribution in [2.75, 3.05) is 0 Å². The molecule has 0 aromatic heterocycles. The van der Waals surface area contributed by atoms with E-state index in [0.29, 0.717) is 5.56 Å². The predicted octanol–water partition coefficient (Wildman–Crippen LogP) is 3.53. The molecule has 0 saturated carbocycles. The molecule has 0 aliphatic rings. The highest BCUT2D eigenvalue weighted by atomic mass is 19.4. The van der Waals surface area contributed by atoms with Gasteiger partial charge in [-0.05, 0) is 24.6 Å². The van der Waals surface area contributed by atoms with Crippen molar-refractivity contribution in [1.29, 1.82) is 0 Å². The summed E-state index contributed by atoms with van der Waals surface area (Å²) in [6, 6.07) is 3.53. The zero-order chi connectivity index (χ0) is 12.1. The van der Waals surface area contributed by atoms with Crippen LogP contribution in [-0.4, -0.2) is 5.11 Å². The van der Waals surface area contributed by atoms with Crippen molar-refractivity contribution in [1.82, 2.24) is 0 Å². The van der Waals surface area contributed by atoms with E-state index in [1.54, 1.807) is 6.92 Å². The summed E-state index contributed by atoms with van der Waals surface area (Å²) in [5, 5.41) is 8.68. The van der Waals surface area contributed by atoms with Crippen LogP contribution < -0.4 is 0 Å². The molecule has 1 aromatic carbocycles. The summed E-state index contributed by atoms with van der Waals surface area (Å²) in [5.74, 6) is 0. The number of aryl methyl sites for hydroxylation is 1. The first-order valence-corrected chi connectivity index (χ1v) is 4.72. The third-order valence-corrected chi connectivity index (χ3v) is 1.65. The van der Waals surface area contributed by atoms with E-state index < -0.39 is 11.7 Å². The molecule has 0 atom stereocenters. The van der Waals surface area contributed by atoms with Gasteiger partial charge < -0.3 is 5.11 Å². The maximum absolute atomic E-state index is 12.2. The SMILES string of the molecule is CC.Cc1cc(CO)cc(C(F)(F)F)c1. The molecular formula is C11H15F3O. The molecule has 0 aliphatic heterocycles. The Morgan fingerprint density at radius 1 is 1.13 bits per heavy atom. The van der Waals surface area contributed by atoms with Gasteiger partial charge in [-0.2, -0.15) is 13.2 Å². The van der Waals surface area contributed by atoms with E-state index in [9.17, 15) is 13.2 Å². The highest BCUT2D eigenvalue weighted by molar-refractivity contribution is 5.30. The summed E-state index contributed by atoms with van der Waals surface area (Å²) < 4.78 is 36.6. The van der Waals surface area contributed by atoms with Crippen LogP contribution in [0.2, 0.25) is 0 Å². The molecule has 0 fully saturated rings. The Balaban J connectivity index is 0.000000921. The molecule has 0 unspecified atom stereocenters. The van der Waals surface area contributed by atoms with Crippen LogP contribution in [0.15, 0.2) is 18.2 Å². The van der Waals surface area contributed by atoms with Crippen molar-refractivity contribution in [3.05, 3.63) is 34.9 Å². The molecular weight excluding hydrogens is 205 g/mol. The van der Waals surface area contributed by atoms with Crippen LogP contribution in [-0.2, 0) is 12.8 Å². The molecule has 1 nitrogen and oxygen atoms in total. The Labute approximate surface area is 87.6 Å². The van der Waals surface area contributed by atoms with Gasteiger partial charge >= 0.3 is 6.18 Å². The topological polar surface area (TPSA) is 20.2 Å². The predicted molar refractivity (Wildman–Crippen MR) is 53.5 cm³/mol. The van der Waals surface area contributed by atoms with Crippen LogP contribution in [0.5, 0.6) is 0 Å². The quantitative estimate of drug-likeness (QED) is 0.767. The van der Waals surface area contributed by atoms with Crippen molar-refractivity contribution < 1.29 is 18.3 Å². The van der Waals surface area contributed by atoms with Crippen molar-refractivity contribution in [3.8, 4) is 0 Å². The highest BCUT2D eigenvalue weighted by Crippen LogP contribution is 2.30. The van der Waals surface area contributed by atoms with Crippen LogP contribution in [0.1, 0.15) is 30.5 Å². The maximum Gasteiger partial charge on any atom is 0.416 e. The van der Waals surface area contributed by atoms with E-state index >= 15 is 0 Å². The first-order chi connectivity index (χ1) is 6.93. The van der Waals surface area contributed by atoms with Crippen LogP contribution in [0.25, 0.3) is 0 Å². The number of hydrogen-bond acceptors (Lipinski definition) is 1. The lowest BCUT2D eigenvalue weighted by Gasteiger charge is -2.09. The zero-order valence-electron chi connectivity index (χ0n) is 9.02. The number of halogens is 3. The van der Waals surface area contributed by atoms with Crippen LogP contribution in [0.3, 0.4) is 0 Å². The maximum atomic E-state index is 12.2. The Hall–Kier alpha value is -1.03. The van der Waals surface area contributed by atoms with Crippen molar-refractivity contribution in [3.63, 3.8) is 0 Å². The van der Waals surface area contributed by atoms with E-state index in [1.807, 2.05) is 13.8 Å². The minimum absolute atomic E-state index is 0.285. The monoisotopic (exact) mass is 220 g/mol. The second-order valence-electron chi connectivity index (χ2n) is 2.86. The largest absolute Gasteiger partial charge is 0.416 e. The van der Waals surface area contributed by atoms with E-state index in [-0.39, 0.29) is 12.2 Å². The number of aliphatic hydroxyl groups excluding tert-OH is 1. The smallest absolute Gasteiger partial charge is 0.392 e. The van der Waals surface area contributed by atoms with Gasteiger partial charge in [0.25, 0.3) is 0 Å².